The Labute approximate surface area is 191 Å². The maximum absolute atomic E-state index is 11.6. The number of ether oxygens (including phenoxy) is 2. The molecule has 4 amide bonds. The molecular formula is C22H42N4O6. The van der Waals surface area contributed by atoms with Crippen molar-refractivity contribution in [3.05, 3.63) is 0 Å². The maximum Gasteiger partial charge on any atom is 0.314 e. The number of hydrogen-bond acceptors (Lipinski definition) is 6. The van der Waals surface area contributed by atoms with Gasteiger partial charge in [-0.3, -0.25) is 9.59 Å². The van der Waals surface area contributed by atoms with Crippen LogP contribution in [0.4, 0.5) is 9.59 Å². The van der Waals surface area contributed by atoms with Gasteiger partial charge in [0.1, 0.15) is 13.2 Å². The normalized spacial score (nSPS) is 10.2. The molecule has 4 N–H and O–H groups in total. The zero-order valence-corrected chi connectivity index (χ0v) is 19.8. The Kier molecular flexibility index (Phi) is 20.0. The summed E-state index contributed by atoms with van der Waals surface area (Å²) in [5.41, 5.74) is 0. The highest BCUT2D eigenvalue weighted by molar-refractivity contribution is 5.74. The number of amides is 4. The third-order valence-corrected chi connectivity index (χ3v) is 4.44. The van der Waals surface area contributed by atoms with Crippen molar-refractivity contribution in [2.45, 2.75) is 78.1 Å². The lowest BCUT2D eigenvalue weighted by Crippen LogP contribution is -2.38. The van der Waals surface area contributed by atoms with E-state index >= 15 is 0 Å². The number of nitrogens with one attached hydrogen (secondary N) is 4. The summed E-state index contributed by atoms with van der Waals surface area (Å²) in [5, 5.41) is 10.8. The van der Waals surface area contributed by atoms with E-state index in [2.05, 4.69) is 21.3 Å². The lowest BCUT2D eigenvalue weighted by atomic mass is 10.2. The highest BCUT2D eigenvalue weighted by Crippen LogP contribution is 1.98. The van der Waals surface area contributed by atoms with Crippen LogP contribution < -0.4 is 21.3 Å². The van der Waals surface area contributed by atoms with Crippen LogP contribution in [0.15, 0.2) is 0 Å². The predicted octanol–water partition coefficient (Wildman–Crippen LogP) is 2.61. The van der Waals surface area contributed by atoms with Crippen LogP contribution in [0.1, 0.15) is 78.1 Å². The van der Waals surface area contributed by atoms with E-state index in [-0.39, 0.29) is 37.2 Å². The molecule has 0 rings (SSSR count). The smallest absolute Gasteiger partial charge is 0.314 e. The van der Waals surface area contributed by atoms with Crippen molar-refractivity contribution in [1.29, 1.82) is 0 Å². The second kappa shape index (κ2) is 21.7. The summed E-state index contributed by atoms with van der Waals surface area (Å²) in [6.45, 7) is 6.09. The second-order valence-corrected chi connectivity index (χ2v) is 7.43. The van der Waals surface area contributed by atoms with E-state index in [9.17, 15) is 19.2 Å². The summed E-state index contributed by atoms with van der Waals surface area (Å²) in [4.78, 5) is 45.9. The van der Waals surface area contributed by atoms with Crippen LogP contribution in [0.25, 0.3) is 0 Å². The molecule has 0 aromatic carbocycles. The largest absolute Gasteiger partial charge is 0.464 e. The van der Waals surface area contributed by atoms with E-state index in [1.807, 2.05) is 13.8 Å². The van der Waals surface area contributed by atoms with Crippen LogP contribution >= 0.6 is 0 Å². The fraction of sp³-hybridized carbons (Fsp3) is 0.818. The highest BCUT2D eigenvalue weighted by Gasteiger charge is 2.04. The van der Waals surface area contributed by atoms with Gasteiger partial charge in [0.25, 0.3) is 0 Å². The summed E-state index contributed by atoms with van der Waals surface area (Å²) in [6, 6.07) is -0.548. The van der Waals surface area contributed by atoms with Crippen molar-refractivity contribution in [1.82, 2.24) is 21.3 Å². The van der Waals surface area contributed by atoms with Crippen molar-refractivity contribution in [3.63, 3.8) is 0 Å². The van der Waals surface area contributed by atoms with Gasteiger partial charge in [0, 0.05) is 25.9 Å². The first kappa shape index (κ1) is 29.5. The molecule has 0 aromatic rings. The van der Waals surface area contributed by atoms with Crippen molar-refractivity contribution >= 4 is 24.0 Å². The van der Waals surface area contributed by atoms with Crippen molar-refractivity contribution in [2.75, 3.05) is 39.4 Å². The number of hydrogen-bond donors (Lipinski definition) is 4. The van der Waals surface area contributed by atoms with Gasteiger partial charge in [0.2, 0.25) is 0 Å². The molecule has 0 saturated carbocycles. The Morgan fingerprint density at radius 2 is 0.906 bits per heavy atom. The van der Waals surface area contributed by atoms with Crippen LogP contribution in [0.5, 0.6) is 0 Å². The first-order valence-corrected chi connectivity index (χ1v) is 11.8. The van der Waals surface area contributed by atoms with Gasteiger partial charge >= 0.3 is 24.0 Å². The first-order chi connectivity index (χ1) is 15.5. The molecule has 0 aliphatic rings. The molecule has 0 radical (unpaired) electrons. The van der Waals surface area contributed by atoms with Crippen LogP contribution in [0, 0.1) is 0 Å². The predicted molar refractivity (Wildman–Crippen MR) is 122 cm³/mol. The topological polar surface area (TPSA) is 135 Å². The van der Waals surface area contributed by atoms with E-state index in [1.165, 1.54) is 0 Å². The molecule has 10 nitrogen and oxygen atoms in total. The molecule has 0 spiro atoms. The SMILES string of the molecule is CCCCC(=O)OCCNC(=O)NCCCCCCNC(=O)NCCOC(=O)CCCC. The number of unbranched alkanes of at least 4 members (excludes halogenated alkanes) is 5. The van der Waals surface area contributed by atoms with Crippen molar-refractivity contribution in [2.24, 2.45) is 0 Å². The third-order valence-electron chi connectivity index (χ3n) is 4.44. The molecule has 0 heterocycles. The second-order valence-electron chi connectivity index (χ2n) is 7.43. The number of urea groups is 2. The van der Waals surface area contributed by atoms with Crippen LogP contribution in [-0.4, -0.2) is 63.4 Å². The lowest BCUT2D eigenvalue weighted by Gasteiger charge is -2.09. The molecule has 0 bridgehead atoms. The van der Waals surface area contributed by atoms with E-state index in [1.54, 1.807) is 0 Å². The average molecular weight is 459 g/mol. The van der Waals surface area contributed by atoms with Gasteiger partial charge in [-0.15, -0.1) is 0 Å². The van der Waals surface area contributed by atoms with Gasteiger partial charge in [0.15, 0.2) is 0 Å². The van der Waals surface area contributed by atoms with Gasteiger partial charge in [-0.1, -0.05) is 39.5 Å². The number of esters is 2. The van der Waals surface area contributed by atoms with Gasteiger partial charge < -0.3 is 30.7 Å². The Morgan fingerprint density at radius 1 is 0.531 bits per heavy atom. The monoisotopic (exact) mass is 458 g/mol. The molecule has 0 saturated heterocycles. The molecule has 0 atom stereocenters. The van der Waals surface area contributed by atoms with Gasteiger partial charge in [0.05, 0.1) is 13.1 Å². The fourth-order valence-electron chi connectivity index (χ4n) is 2.58. The van der Waals surface area contributed by atoms with Crippen LogP contribution in [0.3, 0.4) is 0 Å². The van der Waals surface area contributed by atoms with Gasteiger partial charge in [-0.25, -0.2) is 9.59 Å². The number of rotatable bonds is 19. The zero-order chi connectivity index (χ0) is 23.9. The standard InChI is InChI=1S/C22H42N4O6/c1-3-5-11-19(27)31-17-15-25-21(29)23-13-9-7-8-10-14-24-22(30)26-16-18-32-20(28)12-6-4-2/h3-18H2,1-2H3,(H2,23,25,29)(H2,24,26,30). The van der Waals surface area contributed by atoms with E-state index in [4.69, 9.17) is 9.47 Å². The molecular weight excluding hydrogens is 416 g/mol. The Bertz CT molecular complexity index is 485. The summed E-state index contributed by atoms with van der Waals surface area (Å²) >= 11 is 0. The van der Waals surface area contributed by atoms with E-state index in [0.717, 1.165) is 51.4 Å². The third kappa shape index (κ3) is 20.7. The maximum atomic E-state index is 11.6. The van der Waals surface area contributed by atoms with E-state index < -0.39 is 0 Å². The molecule has 10 heteroatoms. The lowest BCUT2D eigenvalue weighted by molar-refractivity contribution is -0.144. The number of carbonyl (C=O) groups is 4. The first-order valence-electron chi connectivity index (χ1n) is 11.8. The van der Waals surface area contributed by atoms with Crippen LogP contribution in [0.2, 0.25) is 0 Å². The van der Waals surface area contributed by atoms with Gasteiger partial charge in [-0.05, 0) is 25.7 Å². The summed E-state index contributed by atoms with van der Waals surface area (Å²) < 4.78 is 10.0. The highest BCUT2D eigenvalue weighted by atomic mass is 16.5. The zero-order valence-electron chi connectivity index (χ0n) is 19.8. The Balaban J connectivity index is 3.40. The molecule has 0 fully saturated rings. The summed E-state index contributed by atoms with van der Waals surface area (Å²) in [6.07, 6.45) is 7.91. The Morgan fingerprint density at radius 3 is 1.28 bits per heavy atom. The molecule has 0 aliphatic heterocycles. The minimum absolute atomic E-state index is 0.181. The summed E-state index contributed by atoms with van der Waals surface area (Å²) in [5.74, 6) is -0.464. The fourth-order valence-corrected chi connectivity index (χ4v) is 2.58. The van der Waals surface area contributed by atoms with Crippen molar-refractivity contribution < 1.29 is 28.7 Å². The minimum Gasteiger partial charge on any atom is -0.464 e. The van der Waals surface area contributed by atoms with E-state index in [0.29, 0.717) is 39.0 Å². The van der Waals surface area contributed by atoms with Crippen LogP contribution in [-0.2, 0) is 19.1 Å². The molecule has 0 unspecified atom stereocenters. The molecule has 186 valence electrons. The number of carbonyl (C=O) groups excluding carboxylic acids is 4. The average Bonchev–Trinajstić information content (AvgIpc) is 2.78. The molecule has 32 heavy (non-hydrogen) atoms. The summed E-state index contributed by atoms with van der Waals surface area (Å²) in [7, 11) is 0. The Hall–Kier alpha value is -2.52. The van der Waals surface area contributed by atoms with Gasteiger partial charge in [-0.2, -0.15) is 0 Å². The quantitative estimate of drug-likeness (QED) is 0.174. The minimum atomic E-state index is -0.274. The molecule has 0 aromatic heterocycles. The van der Waals surface area contributed by atoms with Crippen molar-refractivity contribution in [3.8, 4) is 0 Å². The molecule has 0 aliphatic carbocycles.